The van der Waals surface area contributed by atoms with Gasteiger partial charge >= 0.3 is 0 Å². The lowest BCUT2D eigenvalue weighted by atomic mass is 9.96. The minimum Gasteiger partial charge on any atom is -0.371 e. The first kappa shape index (κ1) is 13.9. The van der Waals surface area contributed by atoms with Gasteiger partial charge in [0.1, 0.15) is 0 Å². The van der Waals surface area contributed by atoms with E-state index in [2.05, 4.69) is 52.1 Å². The molecule has 3 heteroatoms. The Morgan fingerprint density at radius 3 is 2.50 bits per heavy atom. The van der Waals surface area contributed by atoms with Gasteiger partial charge in [-0.1, -0.05) is 18.2 Å². The van der Waals surface area contributed by atoms with Gasteiger partial charge in [0.2, 0.25) is 0 Å². The first-order valence-electron chi connectivity index (χ1n) is 8.02. The molecular formula is C17H27N3. The van der Waals surface area contributed by atoms with Crippen LogP contribution in [0.4, 0.5) is 5.69 Å². The van der Waals surface area contributed by atoms with Crippen molar-refractivity contribution in [3.63, 3.8) is 0 Å². The monoisotopic (exact) mass is 273 g/mol. The summed E-state index contributed by atoms with van der Waals surface area (Å²) in [6.07, 6.45) is 2.74. The second kappa shape index (κ2) is 6.59. The molecular weight excluding hydrogens is 246 g/mol. The summed E-state index contributed by atoms with van der Waals surface area (Å²) in [5.41, 5.74) is 1.40. The summed E-state index contributed by atoms with van der Waals surface area (Å²) < 4.78 is 0. The van der Waals surface area contributed by atoms with Gasteiger partial charge in [0, 0.05) is 51.5 Å². The summed E-state index contributed by atoms with van der Waals surface area (Å²) in [6.45, 7) is 8.71. The van der Waals surface area contributed by atoms with Crippen molar-refractivity contribution in [3.05, 3.63) is 30.3 Å². The van der Waals surface area contributed by atoms with E-state index in [1.165, 1.54) is 64.3 Å². The number of likely N-dealkylation sites (N-methyl/N-ethyl adjacent to an activating group) is 1. The van der Waals surface area contributed by atoms with Crippen LogP contribution in [0, 0.1) is 5.92 Å². The molecule has 3 nitrogen and oxygen atoms in total. The molecule has 0 spiro atoms. The maximum atomic E-state index is 2.67. The third-order valence-corrected chi connectivity index (χ3v) is 4.75. The Morgan fingerprint density at radius 1 is 1.00 bits per heavy atom. The van der Waals surface area contributed by atoms with Crippen LogP contribution in [0.2, 0.25) is 0 Å². The zero-order valence-electron chi connectivity index (χ0n) is 12.7. The van der Waals surface area contributed by atoms with Crippen molar-refractivity contribution >= 4 is 5.69 Å². The summed E-state index contributed by atoms with van der Waals surface area (Å²) in [6, 6.07) is 10.9. The minimum absolute atomic E-state index is 0.840. The average Bonchev–Trinajstić information content (AvgIpc) is 2.51. The fourth-order valence-electron chi connectivity index (χ4n) is 3.48. The van der Waals surface area contributed by atoms with E-state index in [-0.39, 0.29) is 0 Å². The maximum absolute atomic E-state index is 2.67. The van der Waals surface area contributed by atoms with Gasteiger partial charge < -0.3 is 14.7 Å². The fourth-order valence-corrected chi connectivity index (χ4v) is 3.48. The number of piperazine rings is 1. The summed E-state index contributed by atoms with van der Waals surface area (Å²) in [4.78, 5) is 7.68. The summed E-state index contributed by atoms with van der Waals surface area (Å²) in [5, 5.41) is 0. The number of para-hydroxylation sites is 1. The summed E-state index contributed by atoms with van der Waals surface area (Å²) >= 11 is 0. The number of benzene rings is 1. The van der Waals surface area contributed by atoms with Crippen LogP contribution in [-0.2, 0) is 0 Å². The zero-order valence-corrected chi connectivity index (χ0v) is 12.7. The number of hydrogen-bond acceptors (Lipinski definition) is 3. The van der Waals surface area contributed by atoms with E-state index >= 15 is 0 Å². The Morgan fingerprint density at radius 2 is 1.75 bits per heavy atom. The molecule has 0 saturated carbocycles. The van der Waals surface area contributed by atoms with Gasteiger partial charge in [0.15, 0.2) is 0 Å². The van der Waals surface area contributed by atoms with Crippen molar-refractivity contribution in [2.75, 3.05) is 57.8 Å². The molecule has 1 aromatic rings. The third-order valence-electron chi connectivity index (χ3n) is 4.75. The average molecular weight is 273 g/mol. The van der Waals surface area contributed by atoms with Gasteiger partial charge in [-0.2, -0.15) is 0 Å². The molecule has 0 bridgehead atoms. The molecule has 0 amide bonds. The number of piperidine rings is 1. The molecule has 0 radical (unpaired) electrons. The zero-order chi connectivity index (χ0) is 13.8. The minimum atomic E-state index is 0.840. The van der Waals surface area contributed by atoms with E-state index in [1.807, 2.05) is 0 Å². The quantitative estimate of drug-likeness (QED) is 0.835. The van der Waals surface area contributed by atoms with Crippen molar-refractivity contribution in [1.29, 1.82) is 0 Å². The van der Waals surface area contributed by atoms with Crippen LogP contribution in [0.3, 0.4) is 0 Å². The lowest BCUT2D eigenvalue weighted by Crippen LogP contribution is -2.48. The first-order valence-corrected chi connectivity index (χ1v) is 8.02. The Bertz CT molecular complexity index is 398. The van der Waals surface area contributed by atoms with E-state index in [0.717, 1.165) is 5.92 Å². The van der Waals surface area contributed by atoms with Crippen molar-refractivity contribution in [1.82, 2.24) is 9.80 Å². The molecule has 3 rings (SSSR count). The second-order valence-corrected chi connectivity index (χ2v) is 6.39. The van der Waals surface area contributed by atoms with Gasteiger partial charge in [-0.25, -0.2) is 0 Å². The lowest BCUT2D eigenvalue weighted by molar-refractivity contribution is 0.131. The predicted octanol–water partition coefficient (Wildman–Crippen LogP) is 2.15. The Balaban J connectivity index is 1.53. The van der Waals surface area contributed by atoms with Crippen LogP contribution >= 0.6 is 0 Å². The van der Waals surface area contributed by atoms with Crippen LogP contribution in [0.5, 0.6) is 0 Å². The van der Waals surface area contributed by atoms with Crippen molar-refractivity contribution in [2.45, 2.75) is 12.8 Å². The standard InChI is InChI=1S/C17H27N3/c1-18-10-12-19(13-11-18)14-16-6-5-9-20(15-16)17-7-3-2-4-8-17/h2-4,7-8,16H,5-6,9-15H2,1H3. The van der Waals surface area contributed by atoms with E-state index in [9.17, 15) is 0 Å². The molecule has 1 aromatic carbocycles. The summed E-state index contributed by atoms with van der Waals surface area (Å²) in [7, 11) is 2.23. The molecule has 110 valence electrons. The van der Waals surface area contributed by atoms with E-state index < -0.39 is 0 Å². The smallest absolute Gasteiger partial charge is 0.0366 e. The maximum Gasteiger partial charge on any atom is 0.0366 e. The van der Waals surface area contributed by atoms with Gasteiger partial charge in [-0.3, -0.25) is 0 Å². The number of anilines is 1. The molecule has 0 N–H and O–H groups in total. The molecule has 0 aliphatic carbocycles. The topological polar surface area (TPSA) is 9.72 Å². The van der Waals surface area contributed by atoms with Gasteiger partial charge in [0.25, 0.3) is 0 Å². The molecule has 1 atom stereocenters. The summed E-state index contributed by atoms with van der Waals surface area (Å²) in [5.74, 6) is 0.840. The van der Waals surface area contributed by atoms with Gasteiger partial charge in [-0.15, -0.1) is 0 Å². The molecule has 2 heterocycles. The molecule has 2 saturated heterocycles. The molecule has 2 fully saturated rings. The van der Waals surface area contributed by atoms with Crippen LogP contribution in [0.1, 0.15) is 12.8 Å². The second-order valence-electron chi connectivity index (χ2n) is 6.39. The SMILES string of the molecule is CN1CCN(CC2CCCN(c3ccccc3)C2)CC1. The predicted molar refractivity (Wildman–Crippen MR) is 85.3 cm³/mol. The molecule has 2 aliphatic rings. The highest BCUT2D eigenvalue weighted by molar-refractivity contribution is 5.46. The van der Waals surface area contributed by atoms with Crippen LogP contribution in [0.25, 0.3) is 0 Å². The number of rotatable bonds is 3. The van der Waals surface area contributed by atoms with Gasteiger partial charge in [-0.05, 0) is 37.9 Å². The first-order chi connectivity index (χ1) is 9.81. The Hall–Kier alpha value is -1.06. The van der Waals surface area contributed by atoms with E-state index in [1.54, 1.807) is 0 Å². The highest BCUT2D eigenvalue weighted by Crippen LogP contribution is 2.23. The normalized spacial score (nSPS) is 25.9. The van der Waals surface area contributed by atoms with Crippen LogP contribution in [0.15, 0.2) is 30.3 Å². The van der Waals surface area contributed by atoms with Crippen LogP contribution < -0.4 is 4.90 Å². The fraction of sp³-hybridized carbons (Fsp3) is 0.647. The molecule has 2 aliphatic heterocycles. The van der Waals surface area contributed by atoms with Crippen molar-refractivity contribution < 1.29 is 0 Å². The number of nitrogens with zero attached hydrogens (tertiary/aromatic N) is 3. The Kier molecular flexibility index (Phi) is 4.58. The number of hydrogen-bond donors (Lipinski definition) is 0. The van der Waals surface area contributed by atoms with E-state index in [4.69, 9.17) is 0 Å². The molecule has 20 heavy (non-hydrogen) atoms. The molecule has 1 unspecified atom stereocenters. The van der Waals surface area contributed by atoms with Crippen LogP contribution in [-0.4, -0.2) is 62.7 Å². The largest absolute Gasteiger partial charge is 0.371 e. The van der Waals surface area contributed by atoms with Crippen molar-refractivity contribution in [2.24, 2.45) is 5.92 Å². The van der Waals surface area contributed by atoms with Crippen molar-refractivity contribution in [3.8, 4) is 0 Å². The molecule has 0 aromatic heterocycles. The Labute approximate surface area is 123 Å². The van der Waals surface area contributed by atoms with E-state index in [0.29, 0.717) is 0 Å². The highest BCUT2D eigenvalue weighted by atomic mass is 15.2. The highest BCUT2D eigenvalue weighted by Gasteiger charge is 2.23. The van der Waals surface area contributed by atoms with Gasteiger partial charge in [0.05, 0.1) is 0 Å². The third kappa shape index (κ3) is 3.53. The lowest BCUT2D eigenvalue weighted by Gasteiger charge is -2.39.